The van der Waals surface area contributed by atoms with Crippen LogP contribution in [0.5, 0.6) is 23.1 Å². The zero-order valence-corrected chi connectivity index (χ0v) is 28.1. The number of rotatable bonds is 2. The fraction of sp³-hybridized carbons (Fsp3) is 0. The molecule has 0 bridgehead atoms. The van der Waals surface area contributed by atoms with Gasteiger partial charge < -0.3 is 19.3 Å². The number of benzene rings is 6. The topological polar surface area (TPSA) is 37.8 Å². The van der Waals surface area contributed by atoms with Gasteiger partial charge in [-0.1, -0.05) is 93.8 Å². The normalized spacial score (nSPS) is 14.0. The summed E-state index contributed by atoms with van der Waals surface area (Å²) in [5.74, 6) is 3.46. The molecule has 4 aliphatic rings. The molecule has 0 saturated carbocycles. The fourth-order valence-corrected chi connectivity index (χ4v) is 15.0. The number of hydrogen-bond donors (Lipinski definition) is 0. The number of para-hydroxylation sites is 4. The molecule has 7 aromatic rings. The van der Waals surface area contributed by atoms with Crippen molar-refractivity contribution in [2.45, 2.75) is 0 Å². The van der Waals surface area contributed by atoms with Crippen molar-refractivity contribution in [1.29, 1.82) is 0 Å². The number of nitrogens with zero attached hydrogens (tertiary/aromatic N) is 3. The molecule has 1 aromatic heterocycles. The van der Waals surface area contributed by atoms with Gasteiger partial charge in [-0.25, -0.2) is 4.98 Å². The van der Waals surface area contributed by atoms with E-state index in [9.17, 15) is 0 Å². The lowest BCUT2D eigenvalue weighted by Crippen LogP contribution is -2.63. The van der Waals surface area contributed by atoms with Gasteiger partial charge in [-0.2, -0.15) is 0 Å². The van der Waals surface area contributed by atoms with E-state index in [-0.39, 0.29) is 0 Å². The molecule has 7 heteroatoms. The van der Waals surface area contributed by atoms with E-state index in [1.807, 2.05) is 0 Å². The zero-order chi connectivity index (χ0) is 31.3. The van der Waals surface area contributed by atoms with E-state index in [0.29, 0.717) is 0 Å². The van der Waals surface area contributed by atoms with Gasteiger partial charge in [-0.15, -0.1) is 0 Å². The zero-order valence-electron chi connectivity index (χ0n) is 25.7. The maximum atomic E-state index is 6.90. The molecular weight excluding hydrogens is 620 g/mol. The van der Waals surface area contributed by atoms with E-state index in [0.717, 1.165) is 39.1 Å². The van der Waals surface area contributed by atoms with Crippen molar-refractivity contribution in [2.24, 2.45) is 0 Å². The molecule has 0 saturated heterocycles. The number of pyridine rings is 1. The summed E-state index contributed by atoms with van der Waals surface area (Å²) >= 11 is -4.04. The minimum atomic E-state index is -2.04. The SMILES string of the molecule is c1ccc(N2c3cccc[c]3[Al]3[c]4cc5[c](nc4Oc4cccc2[c]43)[Al]2[c]3ccccc3N(c3ccccc3)c3cccc([c]32)O5)cc1. The Kier molecular flexibility index (Phi) is 5.64. The number of aromatic nitrogens is 1. The summed E-state index contributed by atoms with van der Waals surface area (Å²) in [7, 11) is 0. The van der Waals surface area contributed by atoms with E-state index in [2.05, 4.69) is 161 Å². The summed E-state index contributed by atoms with van der Waals surface area (Å²) in [5.41, 5.74) is 7.07. The Bertz CT molecular complexity index is 2280. The molecule has 5 nitrogen and oxygen atoms in total. The molecule has 0 atom stereocenters. The summed E-state index contributed by atoms with van der Waals surface area (Å²) in [6, 6.07) is 54.2. The summed E-state index contributed by atoms with van der Waals surface area (Å²) in [6.45, 7) is 0. The lowest BCUT2D eigenvalue weighted by atomic mass is 10.1. The highest BCUT2D eigenvalue weighted by Gasteiger charge is 2.49. The minimum Gasteiger partial charge on any atom is -0.458 e. The highest BCUT2D eigenvalue weighted by Crippen LogP contribution is 2.42. The van der Waals surface area contributed by atoms with Crippen molar-refractivity contribution < 1.29 is 9.47 Å². The molecular formula is C41H25Al2N3O2. The second-order valence-corrected chi connectivity index (χ2v) is 18.0. The van der Waals surface area contributed by atoms with Gasteiger partial charge in [0.05, 0.1) is 0 Å². The van der Waals surface area contributed by atoms with Crippen LogP contribution in [0.4, 0.5) is 34.1 Å². The van der Waals surface area contributed by atoms with Crippen molar-refractivity contribution >= 4 is 89.1 Å². The second-order valence-electron chi connectivity index (χ2n) is 12.7. The van der Waals surface area contributed by atoms with Crippen LogP contribution in [0.3, 0.4) is 0 Å². The van der Waals surface area contributed by atoms with Crippen molar-refractivity contribution in [2.75, 3.05) is 9.80 Å². The lowest BCUT2D eigenvalue weighted by molar-refractivity contribution is 0.459. The Labute approximate surface area is 286 Å². The van der Waals surface area contributed by atoms with Gasteiger partial charge in [0.25, 0.3) is 0 Å². The Morgan fingerprint density at radius 3 is 1.54 bits per heavy atom. The minimum absolute atomic E-state index is 0.734. The first kappa shape index (κ1) is 26.8. The predicted octanol–water partition coefficient (Wildman–Crippen LogP) is 5.89. The van der Waals surface area contributed by atoms with E-state index in [1.54, 1.807) is 0 Å². The Morgan fingerprint density at radius 2 is 0.917 bits per heavy atom. The van der Waals surface area contributed by atoms with Crippen molar-refractivity contribution in [1.82, 2.24) is 4.98 Å². The average molecular weight is 646 g/mol. The smallest absolute Gasteiger partial charge is 0.430 e. The molecule has 0 radical (unpaired) electrons. The monoisotopic (exact) mass is 645 g/mol. The van der Waals surface area contributed by atoms with Gasteiger partial charge in [0.15, 0.2) is 0 Å². The Balaban J connectivity index is 1.13. The predicted molar refractivity (Wildman–Crippen MR) is 196 cm³/mol. The first-order valence-electron chi connectivity index (χ1n) is 16.4. The van der Waals surface area contributed by atoms with E-state index >= 15 is 0 Å². The van der Waals surface area contributed by atoms with Gasteiger partial charge in [-0.3, -0.25) is 0 Å². The van der Waals surface area contributed by atoms with Crippen molar-refractivity contribution in [3.05, 3.63) is 152 Å². The molecule has 0 N–H and O–H groups in total. The average Bonchev–Trinajstić information content (AvgIpc) is 3.14. The number of hydrogen-bond acceptors (Lipinski definition) is 5. The molecule has 5 heterocycles. The quantitative estimate of drug-likeness (QED) is 0.219. The summed E-state index contributed by atoms with van der Waals surface area (Å²) in [6.07, 6.45) is 0. The van der Waals surface area contributed by atoms with Crippen LogP contribution in [0, 0.1) is 0 Å². The molecule has 0 amide bonds. The van der Waals surface area contributed by atoms with Crippen LogP contribution in [-0.4, -0.2) is 33.3 Å². The van der Waals surface area contributed by atoms with Crippen LogP contribution >= 0.6 is 0 Å². The first-order chi connectivity index (χ1) is 23.8. The molecule has 222 valence electrons. The summed E-state index contributed by atoms with van der Waals surface area (Å²) < 4.78 is 21.2. The standard InChI is InChI=1S/C41H25N3O2.2Al/c1-5-15-32(16-6-1)43(33-17-7-2-8-18-33)36-23-13-25-38(29-36)45-40-27-28-41(42-31-40)46-39-26-14-24-37(30-39)44(34-19-9-3-10-20-34)35-21-11-4-12-22-35;;/h1-17,19-21,23-27H;;. The Hall–Kier alpha value is -5.27. The summed E-state index contributed by atoms with van der Waals surface area (Å²) in [4.78, 5) is 10.3. The van der Waals surface area contributed by atoms with Gasteiger partial charge in [0.2, 0.25) is 5.88 Å². The van der Waals surface area contributed by atoms with Crippen LogP contribution in [0.2, 0.25) is 0 Å². The molecule has 0 spiro atoms. The van der Waals surface area contributed by atoms with Crippen molar-refractivity contribution in [3.63, 3.8) is 0 Å². The van der Waals surface area contributed by atoms with E-state index in [4.69, 9.17) is 14.5 Å². The molecule has 0 fully saturated rings. The number of fused-ring (bicyclic) bond motifs is 8. The molecule has 0 unspecified atom stereocenters. The maximum Gasteiger partial charge on any atom is 0.430 e. The van der Waals surface area contributed by atoms with Gasteiger partial charge in [0, 0.05) is 38.7 Å². The molecule has 48 heavy (non-hydrogen) atoms. The third-order valence-corrected chi connectivity index (χ3v) is 16.7. The van der Waals surface area contributed by atoms with Crippen LogP contribution in [0.25, 0.3) is 0 Å². The van der Waals surface area contributed by atoms with E-state index < -0.39 is 28.3 Å². The lowest BCUT2D eigenvalue weighted by Gasteiger charge is -2.41. The highest BCUT2D eigenvalue weighted by molar-refractivity contribution is 7.00. The largest absolute Gasteiger partial charge is 0.458 e. The van der Waals surface area contributed by atoms with Gasteiger partial charge >= 0.3 is 28.3 Å². The van der Waals surface area contributed by atoms with E-state index in [1.165, 1.54) is 44.9 Å². The molecule has 0 aliphatic carbocycles. The van der Waals surface area contributed by atoms with Crippen molar-refractivity contribution in [3.8, 4) is 23.1 Å². The Morgan fingerprint density at radius 1 is 0.417 bits per heavy atom. The van der Waals surface area contributed by atoms with Crippen LogP contribution in [-0.2, 0) is 0 Å². The fourth-order valence-electron chi connectivity index (χ4n) is 8.28. The van der Waals surface area contributed by atoms with Crippen LogP contribution in [0.15, 0.2) is 152 Å². The maximum absolute atomic E-state index is 6.90. The second kappa shape index (κ2) is 10.1. The highest BCUT2D eigenvalue weighted by atomic mass is 27.2. The van der Waals surface area contributed by atoms with Crippen LogP contribution in [0.1, 0.15) is 0 Å². The number of ether oxygens (including phenoxy) is 2. The summed E-state index contributed by atoms with van der Waals surface area (Å²) in [5, 5.41) is 0. The number of anilines is 6. The first-order valence-corrected chi connectivity index (χ1v) is 19.8. The molecule has 6 aromatic carbocycles. The van der Waals surface area contributed by atoms with Gasteiger partial charge in [0.1, 0.15) is 17.2 Å². The third-order valence-electron chi connectivity index (χ3n) is 10.2. The van der Waals surface area contributed by atoms with Crippen LogP contribution < -0.4 is 46.0 Å². The molecule has 4 aliphatic heterocycles. The van der Waals surface area contributed by atoms with Gasteiger partial charge in [-0.05, 0) is 80.0 Å². The third kappa shape index (κ3) is 3.65. The molecule has 11 rings (SSSR count).